The van der Waals surface area contributed by atoms with Gasteiger partial charge in [-0.25, -0.2) is 8.78 Å². The van der Waals surface area contributed by atoms with E-state index in [0.717, 1.165) is 4.90 Å². The number of amides is 1. The molecule has 1 aromatic heterocycles. The summed E-state index contributed by atoms with van der Waals surface area (Å²) in [5.41, 5.74) is 0.624. The second-order valence-corrected chi connectivity index (χ2v) is 3.64. The van der Waals surface area contributed by atoms with E-state index < -0.39 is 18.9 Å². The lowest BCUT2D eigenvalue weighted by Gasteiger charge is -2.20. The second kappa shape index (κ2) is 5.84. The van der Waals surface area contributed by atoms with E-state index in [9.17, 15) is 13.6 Å². The Hall–Kier alpha value is -1.10. The Labute approximate surface area is 97.0 Å². The van der Waals surface area contributed by atoms with Crippen LogP contribution in [0.1, 0.15) is 16.1 Å². The summed E-state index contributed by atoms with van der Waals surface area (Å²) in [7, 11) is 0. The fourth-order valence-corrected chi connectivity index (χ4v) is 1.48. The summed E-state index contributed by atoms with van der Waals surface area (Å²) in [4.78, 5) is 12.8. The molecule has 3 nitrogen and oxygen atoms in total. The van der Waals surface area contributed by atoms with Crippen LogP contribution < -0.4 is 0 Å². The lowest BCUT2D eigenvalue weighted by Crippen LogP contribution is -2.36. The monoisotopic (exact) mass is 251 g/mol. The number of alkyl halides is 3. The molecule has 0 aromatic carbocycles. The summed E-state index contributed by atoms with van der Waals surface area (Å²) in [5.74, 6) is -0.354. The lowest BCUT2D eigenvalue weighted by atomic mass is 10.2. The minimum atomic E-state index is -2.58. The van der Waals surface area contributed by atoms with Crippen LogP contribution in [-0.4, -0.2) is 36.2 Å². The molecule has 0 unspecified atom stereocenters. The topological polar surface area (TPSA) is 33.5 Å². The van der Waals surface area contributed by atoms with E-state index in [1.165, 1.54) is 6.26 Å². The number of furan rings is 1. The van der Waals surface area contributed by atoms with Crippen LogP contribution in [0.3, 0.4) is 0 Å². The van der Waals surface area contributed by atoms with Gasteiger partial charge < -0.3 is 9.32 Å². The first-order chi connectivity index (χ1) is 7.56. The number of hydrogen-bond acceptors (Lipinski definition) is 2. The molecule has 6 heteroatoms. The Morgan fingerprint density at radius 2 is 2.31 bits per heavy atom. The molecule has 0 atom stereocenters. The quantitative estimate of drug-likeness (QED) is 0.754. The van der Waals surface area contributed by atoms with Gasteiger partial charge in [-0.05, 0) is 13.0 Å². The van der Waals surface area contributed by atoms with Gasteiger partial charge in [0.15, 0.2) is 5.76 Å². The van der Waals surface area contributed by atoms with Crippen LogP contribution >= 0.6 is 11.6 Å². The molecule has 1 amide bonds. The SMILES string of the molecule is Cc1ccoc1C(=O)N(CCCl)CC(F)F. The normalized spacial score (nSPS) is 10.8. The van der Waals surface area contributed by atoms with Crippen LogP contribution in [0, 0.1) is 6.92 Å². The molecule has 1 heterocycles. The van der Waals surface area contributed by atoms with Gasteiger partial charge in [-0.2, -0.15) is 0 Å². The van der Waals surface area contributed by atoms with Crippen molar-refractivity contribution < 1.29 is 18.0 Å². The number of hydrogen-bond donors (Lipinski definition) is 0. The molecule has 0 aliphatic carbocycles. The second-order valence-electron chi connectivity index (χ2n) is 3.26. The Morgan fingerprint density at radius 3 is 2.75 bits per heavy atom. The van der Waals surface area contributed by atoms with Crippen molar-refractivity contribution >= 4 is 17.5 Å². The maximum atomic E-state index is 12.2. The standard InChI is InChI=1S/C10H12ClF2NO2/c1-7-2-5-16-9(7)10(15)14(4-3-11)6-8(12)13/h2,5,8H,3-4,6H2,1H3. The molecule has 0 aliphatic rings. The summed E-state index contributed by atoms with van der Waals surface area (Å²) >= 11 is 5.46. The highest BCUT2D eigenvalue weighted by molar-refractivity contribution is 6.18. The van der Waals surface area contributed by atoms with E-state index >= 15 is 0 Å². The fraction of sp³-hybridized carbons (Fsp3) is 0.500. The van der Waals surface area contributed by atoms with E-state index in [-0.39, 0.29) is 18.2 Å². The van der Waals surface area contributed by atoms with Crippen LogP contribution in [0.5, 0.6) is 0 Å². The third-order valence-corrected chi connectivity index (χ3v) is 2.23. The van der Waals surface area contributed by atoms with Crippen LogP contribution in [0.4, 0.5) is 8.78 Å². The van der Waals surface area contributed by atoms with Crippen molar-refractivity contribution in [3.05, 3.63) is 23.7 Å². The molecule has 90 valence electrons. The molecule has 0 bridgehead atoms. The molecule has 0 spiro atoms. The third-order valence-electron chi connectivity index (χ3n) is 2.06. The molecule has 0 saturated carbocycles. The summed E-state index contributed by atoms with van der Waals surface area (Å²) in [6, 6.07) is 1.61. The molecule has 0 N–H and O–H groups in total. The predicted molar refractivity (Wildman–Crippen MR) is 56.1 cm³/mol. The van der Waals surface area contributed by atoms with E-state index in [2.05, 4.69) is 0 Å². The van der Waals surface area contributed by atoms with Crippen molar-refractivity contribution in [2.24, 2.45) is 0 Å². The first kappa shape index (κ1) is 13.0. The Kier molecular flexibility index (Phi) is 4.73. The van der Waals surface area contributed by atoms with Crippen LogP contribution in [0.25, 0.3) is 0 Å². The molecule has 0 fully saturated rings. The minimum Gasteiger partial charge on any atom is -0.459 e. The lowest BCUT2D eigenvalue weighted by molar-refractivity contribution is 0.0543. The zero-order valence-corrected chi connectivity index (χ0v) is 9.51. The Bertz CT molecular complexity index is 354. The van der Waals surface area contributed by atoms with Gasteiger partial charge in [-0.3, -0.25) is 4.79 Å². The van der Waals surface area contributed by atoms with Crippen molar-refractivity contribution in [2.45, 2.75) is 13.3 Å². The average molecular weight is 252 g/mol. The fourth-order valence-electron chi connectivity index (χ4n) is 1.28. The van der Waals surface area contributed by atoms with E-state index in [1.807, 2.05) is 0 Å². The zero-order chi connectivity index (χ0) is 12.1. The summed E-state index contributed by atoms with van der Waals surface area (Å²) in [6.07, 6.45) is -1.23. The minimum absolute atomic E-state index is 0.0743. The van der Waals surface area contributed by atoms with Crippen molar-refractivity contribution in [1.82, 2.24) is 4.90 Å². The predicted octanol–water partition coefficient (Wildman–Crippen LogP) is 2.53. The smallest absolute Gasteiger partial charge is 0.290 e. The molecule has 1 aromatic rings. The zero-order valence-electron chi connectivity index (χ0n) is 8.75. The highest BCUT2D eigenvalue weighted by Gasteiger charge is 2.22. The van der Waals surface area contributed by atoms with Gasteiger partial charge in [0.1, 0.15) is 0 Å². The number of carbonyl (C=O) groups excluding carboxylic acids is 1. The Morgan fingerprint density at radius 1 is 1.62 bits per heavy atom. The van der Waals surface area contributed by atoms with Gasteiger partial charge in [-0.15, -0.1) is 11.6 Å². The highest BCUT2D eigenvalue weighted by Crippen LogP contribution is 2.13. The molecule has 0 radical (unpaired) electrons. The van der Waals surface area contributed by atoms with Crippen molar-refractivity contribution in [3.63, 3.8) is 0 Å². The average Bonchev–Trinajstić information content (AvgIpc) is 2.62. The van der Waals surface area contributed by atoms with Gasteiger partial charge in [0.2, 0.25) is 0 Å². The van der Waals surface area contributed by atoms with Gasteiger partial charge in [0.25, 0.3) is 12.3 Å². The number of rotatable bonds is 5. The van der Waals surface area contributed by atoms with Gasteiger partial charge in [0.05, 0.1) is 12.8 Å². The van der Waals surface area contributed by atoms with Crippen molar-refractivity contribution in [1.29, 1.82) is 0 Å². The van der Waals surface area contributed by atoms with Crippen LogP contribution in [0.2, 0.25) is 0 Å². The van der Waals surface area contributed by atoms with E-state index in [0.29, 0.717) is 5.56 Å². The molecular weight excluding hydrogens is 240 g/mol. The number of aryl methyl sites for hydroxylation is 1. The molecule has 16 heavy (non-hydrogen) atoms. The third kappa shape index (κ3) is 3.20. The number of carbonyl (C=O) groups is 1. The molecule has 0 saturated heterocycles. The Balaban J connectivity index is 2.78. The van der Waals surface area contributed by atoms with Crippen LogP contribution in [-0.2, 0) is 0 Å². The van der Waals surface area contributed by atoms with E-state index in [1.54, 1.807) is 13.0 Å². The largest absolute Gasteiger partial charge is 0.459 e. The van der Waals surface area contributed by atoms with Crippen LogP contribution in [0.15, 0.2) is 16.7 Å². The summed E-state index contributed by atoms with van der Waals surface area (Å²) in [5, 5.41) is 0. The maximum Gasteiger partial charge on any atom is 0.290 e. The van der Waals surface area contributed by atoms with Crippen molar-refractivity contribution in [2.75, 3.05) is 19.0 Å². The van der Waals surface area contributed by atoms with E-state index in [4.69, 9.17) is 16.0 Å². The van der Waals surface area contributed by atoms with Crippen molar-refractivity contribution in [3.8, 4) is 0 Å². The number of halogens is 3. The molecule has 0 aliphatic heterocycles. The van der Waals surface area contributed by atoms with Gasteiger partial charge >= 0.3 is 0 Å². The van der Waals surface area contributed by atoms with Gasteiger partial charge in [0, 0.05) is 18.0 Å². The number of nitrogens with zero attached hydrogens (tertiary/aromatic N) is 1. The molecular formula is C10H12ClF2NO2. The first-order valence-electron chi connectivity index (χ1n) is 4.73. The summed E-state index contributed by atoms with van der Waals surface area (Å²) in [6.45, 7) is 1.12. The maximum absolute atomic E-state index is 12.2. The molecule has 1 rings (SSSR count). The highest BCUT2D eigenvalue weighted by atomic mass is 35.5. The first-order valence-corrected chi connectivity index (χ1v) is 5.27. The summed E-state index contributed by atoms with van der Waals surface area (Å²) < 4.78 is 29.4. The van der Waals surface area contributed by atoms with Gasteiger partial charge in [-0.1, -0.05) is 0 Å².